The van der Waals surface area contributed by atoms with Crippen molar-refractivity contribution in [3.8, 4) is 0 Å². The third-order valence-corrected chi connectivity index (χ3v) is 2.19. The number of hydrogen-bond acceptors (Lipinski definition) is 2. The Morgan fingerprint density at radius 2 is 2.17 bits per heavy atom. The molecule has 3 heteroatoms. The van der Waals surface area contributed by atoms with Crippen LogP contribution >= 0.6 is 0 Å². The van der Waals surface area contributed by atoms with E-state index in [-0.39, 0.29) is 5.91 Å². The number of rotatable bonds is 3. The summed E-state index contributed by atoms with van der Waals surface area (Å²) in [6, 6.07) is 0.308. The summed E-state index contributed by atoms with van der Waals surface area (Å²) in [5.74, 6) is 0.730. The van der Waals surface area contributed by atoms with Crippen LogP contribution in [-0.2, 0) is 9.53 Å². The molecule has 0 aliphatic carbocycles. The minimum Gasteiger partial charge on any atom is -0.381 e. The maximum absolute atomic E-state index is 11.1. The molecule has 0 aromatic carbocycles. The van der Waals surface area contributed by atoms with Crippen molar-refractivity contribution in [2.75, 3.05) is 19.8 Å². The van der Waals surface area contributed by atoms with Gasteiger partial charge in [-0.1, -0.05) is 0 Å². The van der Waals surface area contributed by atoms with Gasteiger partial charge in [-0.25, -0.2) is 0 Å². The molecule has 0 aromatic heterocycles. The molecule has 0 aromatic rings. The number of hydrogen-bond donors (Lipinski definition) is 0. The summed E-state index contributed by atoms with van der Waals surface area (Å²) in [5.41, 5.74) is 0. The molecule has 1 heterocycles. The van der Waals surface area contributed by atoms with Crippen LogP contribution in [0.2, 0.25) is 0 Å². The van der Waals surface area contributed by atoms with Crippen molar-refractivity contribution in [3.63, 3.8) is 0 Å². The molecule has 1 aliphatic heterocycles. The van der Waals surface area contributed by atoms with E-state index < -0.39 is 0 Å². The smallest absolute Gasteiger partial charge is 0.219 e. The van der Waals surface area contributed by atoms with Gasteiger partial charge in [0.1, 0.15) is 0 Å². The number of carbonyl (C=O) groups excluding carboxylic acids is 1. The van der Waals surface area contributed by atoms with Crippen molar-refractivity contribution >= 4 is 5.91 Å². The van der Waals surface area contributed by atoms with E-state index in [1.165, 1.54) is 0 Å². The average molecular weight is 171 g/mol. The Morgan fingerprint density at radius 1 is 1.58 bits per heavy atom. The van der Waals surface area contributed by atoms with Gasteiger partial charge in [-0.15, -0.1) is 0 Å². The Morgan fingerprint density at radius 3 is 2.42 bits per heavy atom. The molecule has 0 unspecified atom stereocenters. The lowest BCUT2D eigenvalue weighted by molar-refractivity contribution is -0.134. The van der Waals surface area contributed by atoms with E-state index in [0.717, 1.165) is 19.8 Å². The van der Waals surface area contributed by atoms with Crippen LogP contribution in [0.5, 0.6) is 0 Å². The van der Waals surface area contributed by atoms with Gasteiger partial charge in [-0.05, 0) is 13.8 Å². The first-order valence-corrected chi connectivity index (χ1v) is 4.46. The maximum atomic E-state index is 11.1. The molecule has 1 amide bonds. The standard InChI is InChI=1S/C9H17NO2/c1-7(2)10(8(3)11)4-9-5-12-6-9/h7,9H,4-6H2,1-3H3. The molecule has 0 spiro atoms. The van der Waals surface area contributed by atoms with E-state index in [4.69, 9.17) is 4.74 Å². The fraction of sp³-hybridized carbons (Fsp3) is 0.889. The van der Waals surface area contributed by atoms with E-state index >= 15 is 0 Å². The van der Waals surface area contributed by atoms with E-state index in [1.54, 1.807) is 6.92 Å². The predicted molar refractivity (Wildman–Crippen MR) is 46.8 cm³/mol. The van der Waals surface area contributed by atoms with Crippen LogP contribution in [0.4, 0.5) is 0 Å². The fourth-order valence-corrected chi connectivity index (χ4v) is 1.37. The summed E-state index contributed by atoms with van der Waals surface area (Å²) >= 11 is 0. The van der Waals surface area contributed by atoms with Crippen LogP contribution in [0.1, 0.15) is 20.8 Å². The molecule has 1 fully saturated rings. The molecule has 0 bridgehead atoms. The van der Waals surface area contributed by atoms with Crippen molar-refractivity contribution < 1.29 is 9.53 Å². The summed E-state index contributed by atoms with van der Waals surface area (Å²) in [6.45, 7) is 8.20. The summed E-state index contributed by atoms with van der Waals surface area (Å²) in [5, 5.41) is 0. The van der Waals surface area contributed by atoms with Crippen LogP contribution in [0, 0.1) is 5.92 Å². The third kappa shape index (κ3) is 2.21. The maximum Gasteiger partial charge on any atom is 0.219 e. The first kappa shape index (κ1) is 9.52. The molecule has 3 nitrogen and oxygen atoms in total. The minimum absolute atomic E-state index is 0.164. The van der Waals surface area contributed by atoms with Crippen LogP contribution in [0.15, 0.2) is 0 Å². The second kappa shape index (κ2) is 3.90. The molecule has 0 saturated carbocycles. The number of nitrogens with zero attached hydrogens (tertiary/aromatic N) is 1. The van der Waals surface area contributed by atoms with Crippen molar-refractivity contribution in [3.05, 3.63) is 0 Å². The number of ether oxygens (including phenoxy) is 1. The van der Waals surface area contributed by atoms with Gasteiger partial charge in [0.2, 0.25) is 5.91 Å². The highest BCUT2D eigenvalue weighted by molar-refractivity contribution is 5.73. The van der Waals surface area contributed by atoms with Crippen molar-refractivity contribution in [2.45, 2.75) is 26.8 Å². The van der Waals surface area contributed by atoms with Gasteiger partial charge in [0.25, 0.3) is 0 Å². The summed E-state index contributed by atoms with van der Waals surface area (Å²) in [4.78, 5) is 13.0. The monoisotopic (exact) mass is 171 g/mol. The van der Waals surface area contributed by atoms with Gasteiger partial charge >= 0.3 is 0 Å². The summed E-state index contributed by atoms with van der Waals surface area (Å²) in [6.07, 6.45) is 0. The van der Waals surface area contributed by atoms with E-state index in [2.05, 4.69) is 0 Å². The molecule has 0 radical (unpaired) electrons. The van der Waals surface area contributed by atoms with Crippen molar-refractivity contribution in [1.29, 1.82) is 0 Å². The van der Waals surface area contributed by atoms with Gasteiger partial charge < -0.3 is 9.64 Å². The Labute approximate surface area is 73.7 Å². The lowest BCUT2D eigenvalue weighted by Crippen LogP contribution is -2.44. The zero-order chi connectivity index (χ0) is 9.14. The zero-order valence-corrected chi connectivity index (χ0v) is 8.04. The van der Waals surface area contributed by atoms with Gasteiger partial charge in [-0.3, -0.25) is 4.79 Å². The second-order valence-corrected chi connectivity index (χ2v) is 3.67. The molecule has 1 saturated heterocycles. The quantitative estimate of drug-likeness (QED) is 0.631. The molecule has 12 heavy (non-hydrogen) atoms. The van der Waals surface area contributed by atoms with Gasteiger partial charge in [-0.2, -0.15) is 0 Å². The largest absolute Gasteiger partial charge is 0.381 e. The lowest BCUT2D eigenvalue weighted by atomic mass is 10.1. The molecular formula is C9H17NO2. The SMILES string of the molecule is CC(=O)N(CC1COC1)C(C)C. The Kier molecular flexibility index (Phi) is 3.09. The van der Waals surface area contributed by atoms with Crippen LogP contribution in [-0.4, -0.2) is 36.6 Å². The topological polar surface area (TPSA) is 29.5 Å². The summed E-state index contributed by atoms with van der Waals surface area (Å²) < 4.78 is 5.06. The Bertz CT molecular complexity index is 164. The van der Waals surface area contributed by atoms with Crippen molar-refractivity contribution in [1.82, 2.24) is 4.90 Å². The molecule has 1 rings (SSSR count). The summed E-state index contributed by atoms with van der Waals surface area (Å²) in [7, 11) is 0. The molecular weight excluding hydrogens is 154 g/mol. The molecule has 1 aliphatic rings. The predicted octanol–water partition coefficient (Wildman–Crippen LogP) is 0.890. The number of amides is 1. The average Bonchev–Trinajstić information content (AvgIpc) is 1.82. The molecule has 0 atom stereocenters. The van der Waals surface area contributed by atoms with Crippen molar-refractivity contribution in [2.24, 2.45) is 5.92 Å². The van der Waals surface area contributed by atoms with Crippen LogP contribution in [0.25, 0.3) is 0 Å². The third-order valence-electron chi connectivity index (χ3n) is 2.19. The highest BCUT2D eigenvalue weighted by atomic mass is 16.5. The van der Waals surface area contributed by atoms with Gasteiger partial charge in [0.15, 0.2) is 0 Å². The zero-order valence-electron chi connectivity index (χ0n) is 8.04. The number of carbonyl (C=O) groups is 1. The first-order valence-electron chi connectivity index (χ1n) is 4.46. The first-order chi connectivity index (χ1) is 5.61. The van der Waals surface area contributed by atoms with E-state index in [1.807, 2.05) is 18.7 Å². The van der Waals surface area contributed by atoms with Crippen LogP contribution < -0.4 is 0 Å². The van der Waals surface area contributed by atoms with E-state index in [0.29, 0.717) is 12.0 Å². The van der Waals surface area contributed by atoms with Crippen LogP contribution in [0.3, 0.4) is 0 Å². The van der Waals surface area contributed by atoms with E-state index in [9.17, 15) is 4.79 Å². The Hall–Kier alpha value is -0.570. The fourth-order valence-electron chi connectivity index (χ4n) is 1.37. The second-order valence-electron chi connectivity index (χ2n) is 3.67. The minimum atomic E-state index is 0.164. The van der Waals surface area contributed by atoms with Gasteiger partial charge in [0, 0.05) is 25.4 Å². The Balaban J connectivity index is 2.36. The highest BCUT2D eigenvalue weighted by Gasteiger charge is 2.24. The van der Waals surface area contributed by atoms with Gasteiger partial charge in [0.05, 0.1) is 13.2 Å². The highest BCUT2D eigenvalue weighted by Crippen LogP contribution is 2.13. The lowest BCUT2D eigenvalue weighted by Gasteiger charge is -2.34. The normalized spacial score (nSPS) is 17.7. The molecule has 70 valence electrons. The molecule has 0 N–H and O–H groups in total.